The van der Waals surface area contributed by atoms with Gasteiger partial charge in [-0.25, -0.2) is 0 Å². The number of nitrogens with one attached hydrogen (secondary N) is 1. The highest BCUT2D eigenvalue weighted by atomic mass is 16.3. The van der Waals surface area contributed by atoms with E-state index < -0.39 is 5.54 Å². The maximum atomic E-state index is 13.3. The van der Waals surface area contributed by atoms with Crippen LogP contribution in [-0.4, -0.2) is 58.6 Å². The summed E-state index contributed by atoms with van der Waals surface area (Å²) in [6.07, 6.45) is 6.92. The van der Waals surface area contributed by atoms with Crippen LogP contribution < -0.4 is 5.32 Å². The van der Waals surface area contributed by atoms with Gasteiger partial charge in [0.2, 0.25) is 0 Å². The van der Waals surface area contributed by atoms with Crippen molar-refractivity contribution in [2.45, 2.75) is 18.5 Å². The minimum absolute atomic E-state index is 0.328. The molecule has 0 saturated heterocycles. The van der Waals surface area contributed by atoms with Crippen LogP contribution in [0, 0.1) is 0 Å². The molecule has 2 aromatic heterocycles. The molecule has 182 valence electrons. The van der Waals surface area contributed by atoms with Crippen molar-refractivity contribution in [1.82, 2.24) is 19.6 Å². The van der Waals surface area contributed by atoms with Crippen molar-refractivity contribution in [2.75, 3.05) is 32.5 Å². The number of aryl methyl sites for hydroxylation is 1. The van der Waals surface area contributed by atoms with Crippen molar-refractivity contribution >= 4 is 28.4 Å². The molecule has 0 fully saturated rings. The number of hydrogen-bond donors (Lipinski definition) is 1. The third kappa shape index (κ3) is 3.29. The first-order valence-electron chi connectivity index (χ1n) is 12.1. The average Bonchev–Trinajstić information content (AvgIpc) is 3.66. The lowest BCUT2D eigenvalue weighted by atomic mass is 9.81. The lowest BCUT2D eigenvalue weighted by Gasteiger charge is -2.37. The van der Waals surface area contributed by atoms with Crippen LogP contribution in [0.25, 0.3) is 22.0 Å². The van der Waals surface area contributed by atoms with Gasteiger partial charge in [0.1, 0.15) is 11.2 Å². The molecule has 8 heteroatoms. The summed E-state index contributed by atoms with van der Waals surface area (Å²) in [4.78, 5) is 30.1. The van der Waals surface area contributed by atoms with Gasteiger partial charge in [-0.1, -0.05) is 30.3 Å². The van der Waals surface area contributed by atoms with Crippen molar-refractivity contribution in [1.29, 1.82) is 0 Å². The number of benzene rings is 2. The van der Waals surface area contributed by atoms with Gasteiger partial charge in [-0.15, -0.1) is 0 Å². The van der Waals surface area contributed by atoms with E-state index in [0.717, 1.165) is 52.8 Å². The molecule has 36 heavy (non-hydrogen) atoms. The number of fused-ring (bicyclic) bond motifs is 2. The highest BCUT2D eigenvalue weighted by Crippen LogP contribution is 2.51. The second kappa shape index (κ2) is 8.49. The van der Waals surface area contributed by atoms with E-state index in [-0.39, 0.29) is 11.8 Å². The summed E-state index contributed by atoms with van der Waals surface area (Å²) in [5.74, 6) is -0.689. The largest absolute Gasteiger partial charge is 0.472 e. The van der Waals surface area contributed by atoms with Gasteiger partial charge in [-0.2, -0.15) is 5.10 Å². The predicted octanol–water partition coefficient (Wildman–Crippen LogP) is 3.84. The van der Waals surface area contributed by atoms with Gasteiger partial charge >= 0.3 is 0 Å². The molecule has 0 spiro atoms. The number of anilines is 1. The third-order valence-corrected chi connectivity index (χ3v) is 7.06. The van der Waals surface area contributed by atoms with Crippen LogP contribution in [0.15, 0.2) is 77.6 Å². The van der Waals surface area contributed by atoms with E-state index >= 15 is 0 Å². The fourth-order valence-corrected chi connectivity index (χ4v) is 5.53. The minimum Gasteiger partial charge on any atom is -0.472 e. The highest BCUT2D eigenvalue weighted by Gasteiger charge is 2.54. The first-order valence-corrected chi connectivity index (χ1v) is 12.1. The molecule has 0 saturated carbocycles. The van der Waals surface area contributed by atoms with E-state index in [0.29, 0.717) is 12.2 Å². The number of amides is 2. The number of furan rings is 1. The monoisotopic (exact) mass is 481 g/mol. The predicted molar refractivity (Wildman–Crippen MR) is 137 cm³/mol. The average molecular weight is 482 g/mol. The molecule has 1 unspecified atom stereocenters. The molecule has 0 aliphatic carbocycles. The summed E-state index contributed by atoms with van der Waals surface area (Å²) in [5.41, 5.74) is 4.02. The Bertz CT molecular complexity index is 1480. The van der Waals surface area contributed by atoms with Gasteiger partial charge in [0.25, 0.3) is 11.8 Å². The summed E-state index contributed by atoms with van der Waals surface area (Å²) >= 11 is 0. The summed E-state index contributed by atoms with van der Waals surface area (Å²) < 4.78 is 7.41. The van der Waals surface area contributed by atoms with Crippen LogP contribution in [0.1, 0.15) is 17.7 Å². The Morgan fingerprint density at radius 3 is 2.61 bits per heavy atom. The standard InChI is InChI=1S/C28H27N5O3/c1-31(2)14-6-15-32-23-10-4-3-7-21(23)27(30-32)28(33-24(34)11-12-25(33)35)18-29-22-9-5-8-20(26(22)28)19-13-16-36-17-19/h3-5,7-13,16-17,29H,6,14-15,18H2,1-2H3. The Kier molecular flexibility index (Phi) is 5.26. The fraction of sp³-hybridized carbons (Fsp3) is 0.250. The summed E-state index contributed by atoms with van der Waals surface area (Å²) in [7, 11) is 4.11. The van der Waals surface area contributed by atoms with Crippen molar-refractivity contribution < 1.29 is 14.0 Å². The zero-order valence-electron chi connectivity index (χ0n) is 20.3. The molecule has 0 radical (unpaired) electrons. The van der Waals surface area contributed by atoms with Crippen LogP contribution in [-0.2, 0) is 21.7 Å². The number of imide groups is 1. The zero-order valence-corrected chi connectivity index (χ0v) is 20.3. The highest BCUT2D eigenvalue weighted by molar-refractivity contribution is 6.14. The Morgan fingerprint density at radius 2 is 1.86 bits per heavy atom. The summed E-state index contributed by atoms with van der Waals surface area (Å²) in [6, 6.07) is 15.9. The van der Waals surface area contributed by atoms with Crippen molar-refractivity contribution in [3.05, 3.63) is 84.5 Å². The van der Waals surface area contributed by atoms with Crippen molar-refractivity contribution in [3.8, 4) is 11.1 Å². The van der Waals surface area contributed by atoms with E-state index in [1.165, 1.54) is 17.1 Å². The maximum absolute atomic E-state index is 13.3. The Labute approximate surface area is 208 Å². The molecule has 1 atom stereocenters. The molecule has 2 amide bonds. The van der Waals surface area contributed by atoms with E-state index in [1.807, 2.05) is 53.2 Å². The number of carbonyl (C=O) groups excluding carboxylic acids is 2. The molecule has 6 rings (SSSR count). The van der Waals surface area contributed by atoms with Crippen LogP contribution >= 0.6 is 0 Å². The SMILES string of the molecule is CN(C)CCCn1nc(C2(N3C(=O)C=CC3=O)CNc3cccc(-c4ccoc4)c32)c2ccccc21. The topological polar surface area (TPSA) is 83.6 Å². The molecule has 0 bridgehead atoms. The second-order valence-electron chi connectivity index (χ2n) is 9.54. The molecule has 1 N–H and O–H groups in total. The Morgan fingerprint density at radius 1 is 1.06 bits per heavy atom. The fourth-order valence-electron chi connectivity index (χ4n) is 5.53. The van der Waals surface area contributed by atoms with Gasteiger partial charge in [-0.3, -0.25) is 19.2 Å². The Hall–Kier alpha value is -4.17. The van der Waals surface area contributed by atoms with Crippen molar-refractivity contribution in [3.63, 3.8) is 0 Å². The summed E-state index contributed by atoms with van der Waals surface area (Å²) in [6.45, 7) is 1.98. The zero-order chi connectivity index (χ0) is 24.9. The summed E-state index contributed by atoms with van der Waals surface area (Å²) in [5, 5.41) is 9.54. The van der Waals surface area contributed by atoms with E-state index in [2.05, 4.69) is 24.3 Å². The first kappa shape index (κ1) is 22.3. The van der Waals surface area contributed by atoms with E-state index in [4.69, 9.17) is 9.52 Å². The van der Waals surface area contributed by atoms with Crippen LogP contribution in [0.3, 0.4) is 0 Å². The maximum Gasteiger partial charge on any atom is 0.254 e. The quantitative estimate of drug-likeness (QED) is 0.404. The normalized spacial score (nSPS) is 19.0. The number of hydrogen-bond acceptors (Lipinski definition) is 6. The number of nitrogens with zero attached hydrogens (tertiary/aromatic N) is 4. The molecule has 4 aromatic rings. The van der Waals surface area contributed by atoms with Gasteiger partial charge in [0, 0.05) is 47.4 Å². The molecule has 4 heterocycles. The van der Waals surface area contributed by atoms with Crippen LogP contribution in [0.4, 0.5) is 5.69 Å². The molecule has 2 aliphatic heterocycles. The molecule has 8 nitrogen and oxygen atoms in total. The van der Waals surface area contributed by atoms with Gasteiger partial charge < -0.3 is 14.6 Å². The smallest absolute Gasteiger partial charge is 0.254 e. The van der Waals surface area contributed by atoms with Gasteiger partial charge in [-0.05, 0) is 50.8 Å². The Balaban J connectivity index is 1.63. The van der Waals surface area contributed by atoms with Gasteiger partial charge in [0.05, 0.1) is 18.0 Å². The second-order valence-corrected chi connectivity index (χ2v) is 9.54. The lowest BCUT2D eigenvalue weighted by molar-refractivity contribution is -0.142. The van der Waals surface area contributed by atoms with Crippen molar-refractivity contribution in [2.24, 2.45) is 0 Å². The van der Waals surface area contributed by atoms with Crippen LogP contribution in [0.2, 0.25) is 0 Å². The molecule has 2 aliphatic rings. The number of rotatable bonds is 7. The minimum atomic E-state index is -1.13. The van der Waals surface area contributed by atoms with Gasteiger partial charge in [0.15, 0.2) is 0 Å². The van der Waals surface area contributed by atoms with E-state index in [9.17, 15) is 9.59 Å². The molecule has 2 aromatic carbocycles. The lowest BCUT2D eigenvalue weighted by Crippen LogP contribution is -2.52. The van der Waals surface area contributed by atoms with E-state index in [1.54, 1.807) is 12.5 Å². The number of para-hydroxylation sites is 1. The van der Waals surface area contributed by atoms with Crippen LogP contribution in [0.5, 0.6) is 0 Å². The number of aromatic nitrogens is 2. The number of carbonyl (C=O) groups is 2. The molecular weight excluding hydrogens is 454 g/mol. The molecular formula is C28H27N5O3. The third-order valence-electron chi connectivity index (χ3n) is 7.06. The first-order chi connectivity index (χ1) is 17.5.